The van der Waals surface area contributed by atoms with Crippen molar-refractivity contribution in [3.8, 4) is 0 Å². The van der Waals surface area contributed by atoms with Crippen LogP contribution in [0.2, 0.25) is 0 Å². The number of carbonyl (C=O) groups is 3. The van der Waals surface area contributed by atoms with Gasteiger partial charge in [-0.05, 0) is 109 Å². The number of carbonyl (C=O) groups excluding carboxylic acids is 3. The van der Waals surface area contributed by atoms with Crippen LogP contribution in [0.25, 0.3) is 0 Å². The summed E-state index contributed by atoms with van der Waals surface area (Å²) in [7, 11) is 0. The summed E-state index contributed by atoms with van der Waals surface area (Å²) >= 11 is 0. The maximum absolute atomic E-state index is 12.8. The number of rotatable bonds is 44. The van der Waals surface area contributed by atoms with Crippen LogP contribution in [-0.4, -0.2) is 37.2 Å². The minimum atomic E-state index is -0.830. The summed E-state index contributed by atoms with van der Waals surface area (Å²) in [6.07, 6.45) is 80.5. The summed E-state index contributed by atoms with van der Waals surface area (Å²) in [5, 5.41) is 0. The number of unbranched alkanes of at least 4 members (excludes halogenated alkanes) is 11. The molecule has 0 saturated carbocycles. The smallest absolute Gasteiger partial charge is 0.306 e. The van der Waals surface area contributed by atoms with Gasteiger partial charge in [0, 0.05) is 19.3 Å². The Bertz CT molecular complexity index is 1640. The van der Waals surface area contributed by atoms with Gasteiger partial charge in [-0.3, -0.25) is 14.4 Å². The van der Waals surface area contributed by atoms with Crippen molar-refractivity contribution >= 4 is 17.9 Å². The fraction of sp³-hybridized carbons (Fsp3) is 0.500. The molecule has 0 aliphatic rings. The lowest BCUT2D eigenvalue weighted by Crippen LogP contribution is -2.30. The van der Waals surface area contributed by atoms with E-state index >= 15 is 0 Å². The highest BCUT2D eigenvalue weighted by molar-refractivity contribution is 5.71. The van der Waals surface area contributed by atoms with E-state index in [1.807, 2.05) is 72.9 Å². The summed E-state index contributed by atoms with van der Waals surface area (Å²) in [5.41, 5.74) is 0. The molecule has 0 radical (unpaired) electrons. The van der Waals surface area contributed by atoms with E-state index in [0.29, 0.717) is 12.8 Å². The second kappa shape index (κ2) is 54.4. The van der Waals surface area contributed by atoms with E-state index in [4.69, 9.17) is 14.2 Å². The van der Waals surface area contributed by atoms with Gasteiger partial charge in [0.15, 0.2) is 6.10 Å². The Kier molecular flexibility index (Phi) is 50.2. The number of hydrogen-bond donors (Lipinski definition) is 0. The Morgan fingerprint density at radius 1 is 0.309 bits per heavy atom. The van der Waals surface area contributed by atoms with Crippen LogP contribution in [0.3, 0.4) is 0 Å². The maximum atomic E-state index is 12.8. The fourth-order valence-corrected chi connectivity index (χ4v) is 6.31. The monoisotopic (exact) mass is 933 g/mol. The molecule has 6 nitrogen and oxygen atoms in total. The van der Waals surface area contributed by atoms with Crippen molar-refractivity contribution in [2.75, 3.05) is 13.2 Å². The van der Waals surface area contributed by atoms with E-state index in [0.717, 1.165) is 116 Å². The van der Waals surface area contributed by atoms with Crippen LogP contribution in [0.5, 0.6) is 0 Å². The molecule has 1 unspecified atom stereocenters. The molecule has 0 rings (SSSR count). The molecule has 0 amide bonds. The third-order valence-corrected chi connectivity index (χ3v) is 10.1. The minimum absolute atomic E-state index is 0.128. The zero-order chi connectivity index (χ0) is 49.3. The Morgan fingerprint density at radius 2 is 0.603 bits per heavy atom. The van der Waals surface area contributed by atoms with Gasteiger partial charge < -0.3 is 14.2 Å². The largest absolute Gasteiger partial charge is 0.462 e. The minimum Gasteiger partial charge on any atom is -0.462 e. The van der Waals surface area contributed by atoms with Crippen LogP contribution in [-0.2, 0) is 28.6 Å². The number of ether oxygens (including phenoxy) is 3. The molecular formula is C62H92O6. The Balaban J connectivity index is 4.59. The second-order valence-electron chi connectivity index (χ2n) is 16.5. The average Bonchev–Trinajstić information content (AvgIpc) is 3.34. The van der Waals surface area contributed by atoms with Crippen LogP contribution in [0.15, 0.2) is 170 Å². The molecule has 1 atom stereocenters. The lowest BCUT2D eigenvalue weighted by atomic mass is 10.1. The fourth-order valence-electron chi connectivity index (χ4n) is 6.31. The Morgan fingerprint density at radius 3 is 1.04 bits per heavy atom. The van der Waals surface area contributed by atoms with Gasteiger partial charge in [0.05, 0.1) is 0 Å². The topological polar surface area (TPSA) is 78.9 Å². The maximum Gasteiger partial charge on any atom is 0.306 e. The average molecular weight is 933 g/mol. The molecule has 6 heteroatoms. The number of esters is 3. The quantitative estimate of drug-likeness (QED) is 0.0199. The van der Waals surface area contributed by atoms with Crippen LogP contribution >= 0.6 is 0 Å². The molecule has 0 fully saturated rings. The molecule has 0 bridgehead atoms. The molecule has 0 N–H and O–H groups in total. The molecule has 376 valence electrons. The summed E-state index contributed by atoms with van der Waals surface area (Å²) in [5.74, 6) is -1.04. The first kappa shape index (κ1) is 62.8. The first-order chi connectivity index (χ1) is 33.5. The molecule has 0 aromatic carbocycles. The molecule has 0 heterocycles. The van der Waals surface area contributed by atoms with Crippen LogP contribution < -0.4 is 0 Å². The Hall–Kier alpha value is -5.23. The first-order valence-electron chi connectivity index (χ1n) is 26.2. The zero-order valence-corrected chi connectivity index (χ0v) is 42.8. The third kappa shape index (κ3) is 51.7. The molecular weight excluding hydrogens is 841 g/mol. The molecule has 68 heavy (non-hydrogen) atoms. The third-order valence-electron chi connectivity index (χ3n) is 10.1. The van der Waals surface area contributed by atoms with E-state index in [-0.39, 0.29) is 50.4 Å². The lowest BCUT2D eigenvalue weighted by molar-refractivity contribution is -0.167. The van der Waals surface area contributed by atoms with Crippen molar-refractivity contribution in [2.24, 2.45) is 0 Å². The zero-order valence-electron chi connectivity index (χ0n) is 42.8. The highest BCUT2D eigenvalue weighted by Crippen LogP contribution is 2.12. The van der Waals surface area contributed by atoms with Crippen LogP contribution in [0.4, 0.5) is 0 Å². The highest BCUT2D eigenvalue weighted by Gasteiger charge is 2.19. The van der Waals surface area contributed by atoms with E-state index in [1.165, 1.54) is 12.8 Å². The van der Waals surface area contributed by atoms with E-state index in [2.05, 4.69) is 118 Å². The van der Waals surface area contributed by atoms with Gasteiger partial charge in [0.1, 0.15) is 13.2 Å². The molecule has 0 aliphatic carbocycles. The Labute approximate surface area is 415 Å². The first-order valence-corrected chi connectivity index (χ1v) is 26.2. The normalized spacial score (nSPS) is 13.5. The SMILES string of the molecule is CC\C=C/C=C\C=C/C=C\C=C\C=C/C=C\CCCCCC(=O)OCC(COC(=O)CCCC/C=C\C/C=C\C/C=C\CC)OC(=O)CCCCCCCC/C=C\C/C=C\C/C=C\C/C=C\CC. The lowest BCUT2D eigenvalue weighted by Gasteiger charge is -2.18. The van der Waals surface area contributed by atoms with Crippen molar-refractivity contribution in [2.45, 2.75) is 187 Å². The van der Waals surface area contributed by atoms with Crippen LogP contribution in [0, 0.1) is 0 Å². The van der Waals surface area contributed by atoms with Crippen molar-refractivity contribution in [3.05, 3.63) is 170 Å². The van der Waals surface area contributed by atoms with Gasteiger partial charge >= 0.3 is 17.9 Å². The van der Waals surface area contributed by atoms with E-state index in [9.17, 15) is 14.4 Å². The van der Waals surface area contributed by atoms with Gasteiger partial charge in [0.25, 0.3) is 0 Å². The van der Waals surface area contributed by atoms with Gasteiger partial charge in [-0.15, -0.1) is 0 Å². The van der Waals surface area contributed by atoms with Crippen molar-refractivity contribution in [3.63, 3.8) is 0 Å². The summed E-state index contributed by atoms with van der Waals surface area (Å²) < 4.78 is 16.7. The van der Waals surface area contributed by atoms with Crippen LogP contribution in [0.1, 0.15) is 181 Å². The molecule has 0 saturated heterocycles. The van der Waals surface area contributed by atoms with Gasteiger partial charge in [-0.2, -0.15) is 0 Å². The van der Waals surface area contributed by atoms with Crippen molar-refractivity contribution in [1.82, 2.24) is 0 Å². The number of allylic oxidation sites excluding steroid dienone is 28. The highest BCUT2D eigenvalue weighted by atomic mass is 16.6. The predicted molar refractivity (Wildman–Crippen MR) is 292 cm³/mol. The number of hydrogen-bond acceptors (Lipinski definition) is 6. The molecule has 0 aliphatic heterocycles. The van der Waals surface area contributed by atoms with Gasteiger partial charge in [-0.25, -0.2) is 0 Å². The van der Waals surface area contributed by atoms with Gasteiger partial charge in [0.2, 0.25) is 0 Å². The van der Waals surface area contributed by atoms with E-state index in [1.54, 1.807) is 0 Å². The van der Waals surface area contributed by atoms with Gasteiger partial charge in [-0.1, -0.05) is 223 Å². The summed E-state index contributed by atoms with van der Waals surface area (Å²) in [4.78, 5) is 38.0. The molecule has 0 spiro atoms. The van der Waals surface area contributed by atoms with E-state index < -0.39 is 6.10 Å². The molecule has 0 aromatic heterocycles. The second-order valence-corrected chi connectivity index (χ2v) is 16.5. The standard InChI is InChI=1S/C62H92O6/c1-4-7-10-13-16-19-22-25-27-29-31-33-35-37-40-43-46-49-52-55-61(64)67-58-59(57-66-60(63)54-51-48-45-42-39-24-21-18-15-12-9-6-3)68-62(65)56-53-50-47-44-41-38-36-34-32-30-28-26-23-20-17-14-11-8-5-2/h7-13,16-22,25-29,31-35,37,39-40,42,59H,4-6,14-15,23-24,30,36,38,41,43-58H2,1-3H3/b10-7-,11-8-,12-9-,16-13-,20-17-,21-18-,22-19-,27-25-,28-26-,31-29+,34-32-,35-33-,40-37-,42-39-. The summed E-state index contributed by atoms with van der Waals surface area (Å²) in [6, 6.07) is 0. The summed E-state index contributed by atoms with van der Waals surface area (Å²) in [6.45, 7) is 6.14. The predicted octanol–water partition coefficient (Wildman–Crippen LogP) is 17.6. The van der Waals surface area contributed by atoms with Crippen molar-refractivity contribution < 1.29 is 28.6 Å². The molecule has 0 aromatic rings. The van der Waals surface area contributed by atoms with Crippen molar-refractivity contribution in [1.29, 1.82) is 0 Å².